The number of fused-ring (bicyclic) bond motifs is 11. The highest BCUT2D eigenvalue weighted by atomic mass is 16.5. The topological polar surface area (TPSA) is 35.0 Å². The lowest BCUT2D eigenvalue weighted by Crippen LogP contribution is -2.35. The molecule has 1 atom stereocenters. The van der Waals surface area contributed by atoms with Crippen molar-refractivity contribution < 1.29 is 4.74 Å². The average molecular weight is 705 g/mol. The molecule has 1 spiro atoms. The molecule has 0 saturated carbocycles. The Morgan fingerprint density at radius 3 is 1.80 bits per heavy atom. The molecule has 0 bridgehead atoms. The number of ether oxygens (including phenoxy) is 1. The summed E-state index contributed by atoms with van der Waals surface area (Å²) in [6, 6.07) is 60.8. The summed E-state index contributed by atoms with van der Waals surface area (Å²) in [5, 5.41) is 0. The predicted octanol–water partition coefficient (Wildman–Crippen LogP) is 12.8. The molecule has 2 aliphatic carbocycles. The van der Waals surface area contributed by atoms with E-state index in [1.807, 2.05) is 24.3 Å². The summed E-state index contributed by atoms with van der Waals surface area (Å²) >= 11 is 0. The Kier molecular flexibility index (Phi) is 6.81. The molecule has 0 amide bonds. The Balaban J connectivity index is 1.23. The molecule has 8 aromatic rings. The number of rotatable bonds is 3. The van der Waals surface area contributed by atoms with Crippen LogP contribution in [0.1, 0.15) is 58.4 Å². The SMILES string of the molecule is CC1(C)c2ccccc2-c2cc3c(cc21)Oc1ccccc1C31c2ccccc2C=Cc2ccc(-c3cc(-c4ccccc4)nc(-c4ccccc4)n3)cc21. The summed E-state index contributed by atoms with van der Waals surface area (Å²) in [4.78, 5) is 10.4. The van der Waals surface area contributed by atoms with Crippen LogP contribution in [0.5, 0.6) is 11.5 Å². The lowest BCUT2D eigenvalue weighted by Gasteiger charge is -2.43. The van der Waals surface area contributed by atoms with Gasteiger partial charge in [-0.05, 0) is 74.8 Å². The molecule has 1 unspecified atom stereocenters. The summed E-state index contributed by atoms with van der Waals surface area (Å²) in [6.07, 6.45) is 4.55. The Morgan fingerprint density at radius 2 is 1.02 bits per heavy atom. The van der Waals surface area contributed by atoms with E-state index >= 15 is 0 Å². The van der Waals surface area contributed by atoms with Crippen molar-refractivity contribution in [2.45, 2.75) is 24.7 Å². The molecule has 7 aromatic carbocycles. The highest BCUT2D eigenvalue weighted by molar-refractivity contribution is 5.89. The molecule has 55 heavy (non-hydrogen) atoms. The Morgan fingerprint density at radius 1 is 0.400 bits per heavy atom. The zero-order valence-electron chi connectivity index (χ0n) is 30.6. The van der Waals surface area contributed by atoms with Crippen LogP contribution in [0.15, 0.2) is 170 Å². The van der Waals surface area contributed by atoms with Crippen LogP contribution in [0, 0.1) is 0 Å². The second kappa shape index (κ2) is 11.8. The fourth-order valence-electron chi connectivity index (χ4n) is 9.38. The average Bonchev–Trinajstić information content (AvgIpc) is 3.36. The molecule has 1 aromatic heterocycles. The van der Waals surface area contributed by atoms with Gasteiger partial charge in [0, 0.05) is 33.2 Å². The van der Waals surface area contributed by atoms with Gasteiger partial charge in [0.15, 0.2) is 5.82 Å². The minimum atomic E-state index is -0.704. The van der Waals surface area contributed by atoms with Crippen molar-refractivity contribution >= 4 is 12.2 Å². The molecule has 0 N–H and O–H groups in total. The van der Waals surface area contributed by atoms with Gasteiger partial charge in [0.25, 0.3) is 0 Å². The lowest BCUT2D eigenvalue weighted by molar-refractivity contribution is 0.433. The van der Waals surface area contributed by atoms with E-state index < -0.39 is 5.41 Å². The van der Waals surface area contributed by atoms with Gasteiger partial charge in [0.2, 0.25) is 0 Å². The standard InChI is InChI=1S/C52H36N2O/c1-51(2)41-22-12-10-20-38(41)39-30-45-49(31-44(39)51)55-48-24-14-13-23-42(48)52(45)40-21-11-9-15-33(40)25-26-34-27-28-37(29-43(34)52)47-32-46(35-16-5-3-6-17-35)53-50(54-47)36-18-7-4-8-19-36/h3-32H,1-2H3. The molecule has 3 aliphatic rings. The molecule has 0 saturated heterocycles. The van der Waals surface area contributed by atoms with Crippen LogP contribution in [0.25, 0.3) is 57.2 Å². The summed E-state index contributed by atoms with van der Waals surface area (Å²) in [6.45, 7) is 4.66. The maximum absolute atomic E-state index is 7.00. The fraction of sp³-hybridized carbons (Fsp3) is 0.0769. The Bertz CT molecular complexity index is 2810. The first-order valence-electron chi connectivity index (χ1n) is 19.0. The largest absolute Gasteiger partial charge is 0.457 e. The normalized spacial score (nSPS) is 16.5. The molecule has 1 aliphatic heterocycles. The third-order valence-electron chi connectivity index (χ3n) is 12.0. The number of para-hydroxylation sites is 1. The van der Waals surface area contributed by atoms with Gasteiger partial charge in [0.05, 0.1) is 16.8 Å². The van der Waals surface area contributed by atoms with Crippen molar-refractivity contribution in [2.24, 2.45) is 0 Å². The number of hydrogen-bond acceptors (Lipinski definition) is 3. The van der Waals surface area contributed by atoms with Crippen LogP contribution in [-0.4, -0.2) is 9.97 Å². The highest BCUT2D eigenvalue weighted by Crippen LogP contribution is 2.61. The van der Waals surface area contributed by atoms with Crippen molar-refractivity contribution in [2.75, 3.05) is 0 Å². The lowest BCUT2D eigenvalue weighted by atomic mass is 9.61. The summed E-state index contributed by atoms with van der Waals surface area (Å²) < 4.78 is 7.00. The summed E-state index contributed by atoms with van der Waals surface area (Å²) in [5.41, 5.74) is 16.2. The minimum Gasteiger partial charge on any atom is -0.457 e. The van der Waals surface area contributed by atoms with E-state index in [-0.39, 0.29) is 5.41 Å². The van der Waals surface area contributed by atoms with Crippen molar-refractivity contribution in [1.29, 1.82) is 0 Å². The third kappa shape index (κ3) is 4.63. The van der Waals surface area contributed by atoms with Gasteiger partial charge < -0.3 is 4.74 Å². The van der Waals surface area contributed by atoms with Gasteiger partial charge in [-0.2, -0.15) is 0 Å². The van der Waals surface area contributed by atoms with Crippen LogP contribution in [-0.2, 0) is 10.8 Å². The maximum atomic E-state index is 7.00. The summed E-state index contributed by atoms with van der Waals surface area (Å²) in [7, 11) is 0. The van der Waals surface area contributed by atoms with Crippen molar-refractivity contribution in [3.05, 3.63) is 214 Å². The van der Waals surface area contributed by atoms with Crippen molar-refractivity contribution in [1.82, 2.24) is 9.97 Å². The van der Waals surface area contributed by atoms with Crippen LogP contribution in [0.2, 0.25) is 0 Å². The van der Waals surface area contributed by atoms with E-state index in [1.165, 1.54) is 38.9 Å². The van der Waals surface area contributed by atoms with Gasteiger partial charge in [0.1, 0.15) is 11.5 Å². The first-order valence-corrected chi connectivity index (χ1v) is 19.0. The number of benzene rings is 7. The zero-order chi connectivity index (χ0) is 36.7. The molecule has 0 radical (unpaired) electrons. The monoisotopic (exact) mass is 704 g/mol. The zero-order valence-corrected chi connectivity index (χ0v) is 30.6. The second-order valence-electron chi connectivity index (χ2n) is 15.3. The molecular weight excluding hydrogens is 669 g/mol. The molecule has 3 nitrogen and oxygen atoms in total. The molecule has 2 heterocycles. The fourth-order valence-corrected chi connectivity index (χ4v) is 9.38. The number of hydrogen-bond donors (Lipinski definition) is 0. The molecular formula is C52H36N2O. The van der Waals surface area contributed by atoms with Gasteiger partial charge in [-0.1, -0.05) is 166 Å². The Hall–Kier alpha value is -6.84. The van der Waals surface area contributed by atoms with Crippen molar-refractivity contribution in [3.63, 3.8) is 0 Å². The Labute approximate surface area is 321 Å². The van der Waals surface area contributed by atoms with E-state index in [2.05, 4.69) is 172 Å². The van der Waals surface area contributed by atoms with Crippen LogP contribution in [0.3, 0.4) is 0 Å². The number of aromatic nitrogens is 2. The molecule has 260 valence electrons. The first kappa shape index (κ1) is 31.7. The van der Waals surface area contributed by atoms with E-state index in [0.29, 0.717) is 5.82 Å². The van der Waals surface area contributed by atoms with Crippen LogP contribution < -0.4 is 4.74 Å². The van der Waals surface area contributed by atoms with Gasteiger partial charge >= 0.3 is 0 Å². The van der Waals surface area contributed by atoms with E-state index in [1.54, 1.807) is 0 Å². The third-order valence-corrected chi connectivity index (χ3v) is 12.0. The molecule has 11 rings (SSSR count). The van der Waals surface area contributed by atoms with E-state index in [0.717, 1.165) is 56.3 Å². The maximum Gasteiger partial charge on any atom is 0.160 e. The molecule has 0 fully saturated rings. The van der Waals surface area contributed by atoms with Crippen LogP contribution >= 0.6 is 0 Å². The van der Waals surface area contributed by atoms with E-state index in [9.17, 15) is 0 Å². The van der Waals surface area contributed by atoms with Crippen LogP contribution in [0.4, 0.5) is 0 Å². The van der Waals surface area contributed by atoms with E-state index in [4.69, 9.17) is 14.7 Å². The smallest absolute Gasteiger partial charge is 0.160 e. The number of nitrogens with zero attached hydrogens (tertiary/aromatic N) is 2. The quantitative estimate of drug-likeness (QED) is 0.184. The van der Waals surface area contributed by atoms with Crippen molar-refractivity contribution in [3.8, 4) is 56.5 Å². The highest BCUT2D eigenvalue weighted by Gasteiger charge is 2.49. The predicted molar refractivity (Wildman–Crippen MR) is 223 cm³/mol. The first-order chi connectivity index (χ1) is 27.0. The molecule has 3 heteroatoms. The van der Waals surface area contributed by atoms with Gasteiger partial charge in [-0.3, -0.25) is 0 Å². The van der Waals surface area contributed by atoms with Gasteiger partial charge in [-0.15, -0.1) is 0 Å². The minimum absolute atomic E-state index is 0.164. The summed E-state index contributed by atoms with van der Waals surface area (Å²) in [5.74, 6) is 2.47. The second-order valence-corrected chi connectivity index (χ2v) is 15.3. The van der Waals surface area contributed by atoms with Gasteiger partial charge in [-0.25, -0.2) is 9.97 Å².